The standard InChI is InChI=1S/C18H22ClF3N2O2/c1-2-23(11-9-18(20,21)22)17(26)14-4-3-10-24(12-14)16(25)13-5-7-15(19)8-6-13/h5-8,14H,2-4,9-12H2,1H3. The van der Waals surface area contributed by atoms with Crippen molar-refractivity contribution in [2.75, 3.05) is 26.2 Å². The third kappa shape index (κ3) is 5.62. The number of amides is 2. The molecule has 1 saturated heterocycles. The van der Waals surface area contributed by atoms with E-state index in [2.05, 4.69) is 0 Å². The molecule has 1 fully saturated rings. The van der Waals surface area contributed by atoms with Crippen molar-refractivity contribution >= 4 is 23.4 Å². The second kappa shape index (κ2) is 8.75. The number of benzene rings is 1. The van der Waals surface area contributed by atoms with E-state index in [1.165, 1.54) is 4.90 Å². The van der Waals surface area contributed by atoms with E-state index in [-0.39, 0.29) is 31.4 Å². The fraction of sp³-hybridized carbons (Fsp3) is 0.556. The molecule has 4 nitrogen and oxygen atoms in total. The highest BCUT2D eigenvalue weighted by Gasteiger charge is 2.33. The molecule has 1 unspecified atom stereocenters. The first-order valence-electron chi connectivity index (χ1n) is 8.61. The Morgan fingerprint density at radius 3 is 2.50 bits per heavy atom. The van der Waals surface area contributed by atoms with Crippen LogP contribution < -0.4 is 0 Å². The lowest BCUT2D eigenvalue weighted by Crippen LogP contribution is -2.47. The Balaban J connectivity index is 2.00. The van der Waals surface area contributed by atoms with E-state index < -0.39 is 18.5 Å². The Bertz CT molecular complexity index is 634. The third-order valence-corrected chi connectivity index (χ3v) is 4.76. The van der Waals surface area contributed by atoms with Gasteiger partial charge in [0.2, 0.25) is 5.91 Å². The van der Waals surface area contributed by atoms with Crippen LogP contribution in [-0.2, 0) is 4.79 Å². The van der Waals surface area contributed by atoms with Gasteiger partial charge in [-0.05, 0) is 44.0 Å². The summed E-state index contributed by atoms with van der Waals surface area (Å²) in [4.78, 5) is 28.0. The normalized spacial score (nSPS) is 17.9. The molecular formula is C18H22ClF3N2O2. The van der Waals surface area contributed by atoms with E-state index in [4.69, 9.17) is 11.6 Å². The molecule has 26 heavy (non-hydrogen) atoms. The number of rotatable bonds is 5. The first-order valence-corrected chi connectivity index (χ1v) is 8.99. The van der Waals surface area contributed by atoms with Crippen molar-refractivity contribution in [3.63, 3.8) is 0 Å². The Morgan fingerprint density at radius 1 is 1.27 bits per heavy atom. The molecule has 0 radical (unpaired) electrons. The molecule has 0 aliphatic carbocycles. The van der Waals surface area contributed by atoms with Gasteiger partial charge in [0.1, 0.15) is 0 Å². The van der Waals surface area contributed by atoms with Crippen LogP contribution in [0, 0.1) is 5.92 Å². The van der Waals surface area contributed by atoms with E-state index in [9.17, 15) is 22.8 Å². The summed E-state index contributed by atoms with van der Waals surface area (Å²) in [5.41, 5.74) is 0.479. The zero-order valence-electron chi connectivity index (χ0n) is 14.6. The SMILES string of the molecule is CCN(CCC(F)(F)F)C(=O)C1CCCN(C(=O)c2ccc(Cl)cc2)C1. The topological polar surface area (TPSA) is 40.6 Å². The van der Waals surface area contributed by atoms with Crippen LogP contribution in [0.1, 0.15) is 36.5 Å². The first-order chi connectivity index (χ1) is 12.2. The number of halogens is 4. The maximum Gasteiger partial charge on any atom is 0.390 e. The molecule has 1 aliphatic heterocycles. The molecule has 1 aromatic carbocycles. The minimum absolute atomic E-state index is 0.197. The number of carbonyl (C=O) groups is 2. The van der Waals surface area contributed by atoms with Crippen molar-refractivity contribution in [1.29, 1.82) is 0 Å². The van der Waals surface area contributed by atoms with Crippen molar-refractivity contribution in [2.45, 2.75) is 32.4 Å². The van der Waals surface area contributed by atoms with Crippen molar-refractivity contribution in [1.82, 2.24) is 9.80 Å². The van der Waals surface area contributed by atoms with Crippen LogP contribution in [0.3, 0.4) is 0 Å². The highest BCUT2D eigenvalue weighted by Crippen LogP contribution is 2.24. The van der Waals surface area contributed by atoms with Gasteiger partial charge in [-0.25, -0.2) is 0 Å². The maximum atomic E-state index is 12.6. The number of hydrogen-bond donors (Lipinski definition) is 0. The number of likely N-dealkylation sites (tertiary alicyclic amines) is 1. The molecule has 0 spiro atoms. The van der Waals surface area contributed by atoms with Crippen LogP contribution >= 0.6 is 11.6 Å². The molecule has 2 rings (SSSR count). The van der Waals surface area contributed by atoms with Crippen molar-refractivity contribution < 1.29 is 22.8 Å². The molecule has 1 aromatic rings. The van der Waals surface area contributed by atoms with Crippen LogP contribution in [0.2, 0.25) is 5.02 Å². The molecule has 144 valence electrons. The molecule has 0 saturated carbocycles. The molecule has 0 aromatic heterocycles. The minimum Gasteiger partial charge on any atom is -0.342 e. The molecule has 0 N–H and O–H groups in total. The van der Waals surface area contributed by atoms with Gasteiger partial charge in [0.25, 0.3) is 5.91 Å². The fourth-order valence-corrected chi connectivity index (χ4v) is 3.21. The number of alkyl halides is 3. The predicted molar refractivity (Wildman–Crippen MR) is 93.0 cm³/mol. The summed E-state index contributed by atoms with van der Waals surface area (Å²) < 4.78 is 37.3. The molecule has 2 amide bonds. The zero-order valence-corrected chi connectivity index (χ0v) is 15.3. The summed E-state index contributed by atoms with van der Waals surface area (Å²) in [6.07, 6.45) is -4.10. The first kappa shape index (κ1) is 20.6. The summed E-state index contributed by atoms with van der Waals surface area (Å²) in [5.74, 6) is -0.976. The van der Waals surface area contributed by atoms with Crippen LogP contribution in [0.25, 0.3) is 0 Å². The number of carbonyl (C=O) groups excluding carboxylic acids is 2. The van der Waals surface area contributed by atoms with Gasteiger partial charge >= 0.3 is 6.18 Å². The van der Waals surface area contributed by atoms with Gasteiger partial charge in [-0.1, -0.05) is 11.6 Å². The second-order valence-corrected chi connectivity index (χ2v) is 6.82. The quantitative estimate of drug-likeness (QED) is 0.762. The van der Waals surface area contributed by atoms with Crippen molar-refractivity contribution in [2.24, 2.45) is 5.92 Å². The monoisotopic (exact) mass is 390 g/mol. The number of hydrogen-bond acceptors (Lipinski definition) is 2. The van der Waals surface area contributed by atoms with Crippen molar-refractivity contribution in [3.05, 3.63) is 34.9 Å². The summed E-state index contributed by atoms with van der Waals surface area (Å²) in [7, 11) is 0. The number of piperidine rings is 1. The van der Waals surface area contributed by atoms with Gasteiger partial charge in [0, 0.05) is 36.8 Å². The van der Waals surface area contributed by atoms with E-state index in [1.807, 2.05) is 0 Å². The maximum absolute atomic E-state index is 12.6. The molecule has 0 bridgehead atoms. The lowest BCUT2D eigenvalue weighted by Gasteiger charge is -2.35. The Kier molecular flexibility index (Phi) is 6.92. The Labute approximate surface area is 155 Å². The Morgan fingerprint density at radius 2 is 1.92 bits per heavy atom. The van der Waals surface area contributed by atoms with Gasteiger partial charge < -0.3 is 9.80 Å². The summed E-state index contributed by atoms with van der Waals surface area (Å²) in [6, 6.07) is 6.49. The van der Waals surface area contributed by atoms with Gasteiger partial charge in [-0.2, -0.15) is 13.2 Å². The smallest absolute Gasteiger partial charge is 0.342 e. The largest absolute Gasteiger partial charge is 0.390 e. The lowest BCUT2D eigenvalue weighted by molar-refractivity contribution is -0.148. The zero-order chi connectivity index (χ0) is 19.3. The molecule has 1 aliphatic rings. The predicted octanol–water partition coefficient (Wildman–Crippen LogP) is 3.99. The second-order valence-electron chi connectivity index (χ2n) is 6.38. The van der Waals surface area contributed by atoms with Crippen LogP contribution in [0.4, 0.5) is 13.2 Å². The fourth-order valence-electron chi connectivity index (χ4n) is 3.08. The van der Waals surface area contributed by atoms with Crippen LogP contribution in [0.5, 0.6) is 0 Å². The molecule has 8 heteroatoms. The van der Waals surface area contributed by atoms with Gasteiger partial charge in [-0.3, -0.25) is 9.59 Å². The van der Waals surface area contributed by atoms with Crippen LogP contribution in [-0.4, -0.2) is 54.0 Å². The highest BCUT2D eigenvalue weighted by molar-refractivity contribution is 6.30. The summed E-state index contributed by atoms with van der Waals surface area (Å²) in [5, 5.41) is 0.525. The van der Waals surface area contributed by atoms with E-state index >= 15 is 0 Å². The molecule has 1 atom stereocenters. The average molecular weight is 391 g/mol. The summed E-state index contributed by atoms with van der Waals surface area (Å²) in [6.45, 7) is 2.29. The average Bonchev–Trinajstić information content (AvgIpc) is 2.61. The lowest BCUT2D eigenvalue weighted by atomic mass is 9.95. The number of nitrogens with zero attached hydrogens (tertiary/aromatic N) is 2. The summed E-state index contributed by atoms with van der Waals surface area (Å²) >= 11 is 5.82. The highest BCUT2D eigenvalue weighted by atomic mass is 35.5. The van der Waals surface area contributed by atoms with E-state index in [1.54, 1.807) is 36.1 Å². The third-order valence-electron chi connectivity index (χ3n) is 4.51. The van der Waals surface area contributed by atoms with E-state index in [0.29, 0.717) is 30.0 Å². The van der Waals surface area contributed by atoms with Gasteiger partial charge in [-0.15, -0.1) is 0 Å². The van der Waals surface area contributed by atoms with Crippen molar-refractivity contribution in [3.8, 4) is 0 Å². The minimum atomic E-state index is -4.29. The van der Waals surface area contributed by atoms with Gasteiger partial charge in [0.15, 0.2) is 0 Å². The molecule has 1 heterocycles. The van der Waals surface area contributed by atoms with E-state index in [0.717, 1.165) is 0 Å². The molecular weight excluding hydrogens is 369 g/mol. The Hall–Kier alpha value is -1.76. The van der Waals surface area contributed by atoms with Gasteiger partial charge in [0.05, 0.1) is 12.3 Å². The van der Waals surface area contributed by atoms with Crippen LogP contribution in [0.15, 0.2) is 24.3 Å².